The van der Waals surface area contributed by atoms with Gasteiger partial charge in [-0.15, -0.1) is 0 Å². The van der Waals surface area contributed by atoms with E-state index in [9.17, 15) is 4.79 Å². The summed E-state index contributed by atoms with van der Waals surface area (Å²) in [4.78, 5) is 11.5. The van der Waals surface area contributed by atoms with E-state index in [4.69, 9.17) is 16.2 Å². The van der Waals surface area contributed by atoms with Gasteiger partial charge in [-0.1, -0.05) is 0 Å². The Balaban J connectivity index is 2.90. The van der Waals surface area contributed by atoms with E-state index in [-0.39, 0.29) is 11.9 Å². The maximum Gasteiger partial charge on any atom is 0.313 e. The van der Waals surface area contributed by atoms with Gasteiger partial charge in [-0.25, -0.2) is 0 Å². The van der Waals surface area contributed by atoms with Crippen LogP contribution in [0.1, 0.15) is 25.3 Å². The highest BCUT2D eigenvalue weighted by atomic mass is 16.5. The lowest BCUT2D eigenvalue weighted by molar-refractivity contribution is -0.144. The Bertz CT molecular complexity index is 343. The second-order valence-electron chi connectivity index (χ2n) is 3.41. The van der Waals surface area contributed by atoms with Crippen molar-refractivity contribution in [3.8, 4) is 0 Å². The average Bonchev–Trinajstić information content (AvgIpc) is 2.15. The van der Waals surface area contributed by atoms with E-state index in [1.54, 1.807) is 32.0 Å². The van der Waals surface area contributed by atoms with Crippen LogP contribution < -0.4 is 11.5 Å². The molecule has 4 N–H and O–H groups in total. The van der Waals surface area contributed by atoms with Gasteiger partial charge in [-0.05, 0) is 37.6 Å². The quantitative estimate of drug-likeness (QED) is 0.583. The zero-order valence-corrected chi connectivity index (χ0v) is 8.99. The molecule has 0 aliphatic carbocycles. The minimum Gasteiger partial charge on any atom is -0.466 e. The molecule has 15 heavy (non-hydrogen) atoms. The zero-order chi connectivity index (χ0) is 11.4. The molecular weight excluding hydrogens is 192 g/mol. The third-order valence-electron chi connectivity index (χ3n) is 2.14. The molecule has 1 aromatic carbocycles. The van der Waals surface area contributed by atoms with Crippen molar-refractivity contribution < 1.29 is 9.53 Å². The first-order chi connectivity index (χ1) is 7.04. The number of hydrogen-bond donors (Lipinski definition) is 2. The van der Waals surface area contributed by atoms with Gasteiger partial charge >= 0.3 is 5.97 Å². The Morgan fingerprint density at radius 1 is 1.33 bits per heavy atom. The van der Waals surface area contributed by atoms with Crippen molar-refractivity contribution in [1.29, 1.82) is 0 Å². The maximum atomic E-state index is 11.5. The molecule has 0 aliphatic rings. The fourth-order valence-electron chi connectivity index (χ4n) is 1.36. The first-order valence-corrected chi connectivity index (χ1v) is 4.87. The van der Waals surface area contributed by atoms with Gasteiger partial charge in [0.05, 0.1) is 12.5 Å². The molecule has 82 valence electrons. The number of rotatable bonds is 3. The monoisotopic (exact) mass is 208 g/mol. The predicted molar refractivity (Wildman–Crippen MR) is 60.3 cm³/mol. The van der Waals surface area contributed by atoms with Gasteiger partial charge in [-0.3, -0.25) is 4.79 Å². The van der Waals surface area contributed by atoms with E-state index < -0.39 is 0 Å². The number of nitrogens with two attached hydrogens (primary N) is 2. The molecule has 0 saturated heterocycles. The van der Waals surface area contributed by atoms with Crippen LogP contribution in [-0.2, 0) is 9.53 Å². The summed E-state index contributed by atoms with van der Waals surface area (Å²) < 4.78 is 4.92. The van der Waals surface area contributed by atoms with Gasteiger partial charge in [0.15, 0.2) is 0 Å². The second kappa shape index (κ2) is 4.68. The molecule has 1 rings (SSSR count). The van der Waals surface area contributed by atoms with Crippen LogP contribution in [0.25, 0.3) is 0 Å². The molecule has 0 aromatic heterocycles. The zero-order valence-electron chi connectivity index (χ0n) is 8.99. The fraction of sp³-hybridized carbons (Fsp3) is 0.364. The molecule has 0 spiro atoms. The summed E-state index contributed by atoms with van der Waals surface area (Å²) in [5.41, 5.74) is 13.2. The van der Waals surface area contributed by atoms with Crippen LogP contribution in [0.5, 0.6) is 0 Å². The summed E-state index contributed by atoms with van der Waals surface area (Å²) in [6.45, 7) is 3.92. The summed E-state index contributed by atoms with van der Waals surface area (Å²) in [7, 11) is 0. The van der Waals surface area contributed by atoms with E-state index >= 15 is 0 Å². The van der Waals surface area contributed by atoms with Crippen molar-refractivity contribution in [1.82, 2.24) is 0 Å². The highest BCUT2D eigenvalue weighted by Gasteiger charge is 2.16. The summed E-state index contributed by atoms with van der Waals surface area (Å²) in [6, 6.07) is 5.12. The Morgan fingerprint density at radius 3 is 2.33 bits per heavy atom. The number of esters is 1. The van der Waals surface area contributed by atoms with Gasteiger partial charge in [0.25, 0.3) is 0 Å². The molecular formula is C11H16N2O2. The smallest absolute Gasteiger partial charge is 0.313 e. The summed E-state index contributed by atoms with van der Waals surface area (Å²) in [6.07, 6.45) is 0. The van der Waals surface area contributed by atoms with Crippen molar-refractivity contribution in [3.05, 3.63) is 23.8 Å². The highest BCUT2D eigenvalue weighted by molar-refractivity contribution is 5.78. The summed E-state index contributed by atoms with van der Waals surface area (Å²) in [5.74, 6) is -0.599. The van der Waals surface area contributed by atoms with Crippen LogP contribution in [0.4, 0.5) is 11.4 Å². The number of hydrogen-bond acceptors (Lipinski definition) is 4. The molecule has 0 fully saturated rings. The van der Waals surface area contributed by atoms with Gasteiger partial charge < -0.3 is 16.2 Å². The van der Waals surface area contributed by atoms with Crippen molar-refractivity contribution in [2.45, 2.75) is 19.8 Å². The molecule has 0 radical (unpaired) electrons. The van der Waals surface area contributed by atoms with Crippen molar-refractivity contribution in [2.24, 2.45) is 0 Å². The van der Waals surface area contributed by atoms with E-state index in [0.29, 0.717) is 18.0 Å². The molecule has 4 heteroatoms. The maximum absolute atomic E-state index is 11.5. The molecule has 0 bridgehead atoms. The van der Waals surface area contributed by atoms with Crippen molar-refractivity contribution >= 4 is 17.3 Å². The first kappa shape index (κ1) is 11.4. The number of anilines is 2. The summed E-state index contributed by atoms with van der Waals surface area (Å²) in [5, 5.41) is 0. The molecule has 4 nitrogen and oxygen atoms in total. The third-order valence-corrected chi connectivity index (χ3v) is 2.14. The topological polar surface area (TPSA) is 78.3 Å². The predicted octanol–water partition coefficient (Wildman–Crippen LogP) is 1.52. The number of benzene rings is 1. The molecule has 0 aliphatic heterocycles. The summed E-state index contributed by atoms with van der Waals surface area (Å²) >= 11 is 0. The third kappa shape index (κ3) is 2.87. The Labute approximate surface area is 89.2 Å². The number of ether oxygens (including phenoxy) is 1. The second-order valence-corrected chi connectivity index (χ2v) is 3.41. The van der Waals surface area contributed by atoms with E-state index in [1.807, 2.05) is 0 Å². The van der Waals surface area contributed by atoms with Crippen LogP contribution in [0, 0.1) is 0 Å². The molecule has 1 unspecified atom stereocenters. The largest absolute Gasteiger partial charge is 0.466 e. The average molecular weight is 208 g/mol. The van der Waals surface area contributed by atoms with Crippen LogP contribution in [0.2, 0.25) is 0 Å². The normalized spacial score (nSPS) is 12.1. The minimum atomic E-state index is -0.337. The number of carbonyl (C=O) groups is 1. The first-order valence-electron chi connectivity index (χ1n) is 4.87. The van der Waals surface area contributed by atoms with Gasteiger partial charge in [0.1, 0.15) is 0 Å². The fourth-order valence-corrected chi connectivity index (χ4v) is 1.36. The lowest BCUT2D eigenvalue weighted by atomic mass is 10.0. The van der Waals surface area contributed by atoms with Crippen molar-refractivity contribution in [3.63, 3.8) is 0 Å². The Kier molecular flexibility index (Phi) is 3.55. The Morgan fingerprint density at radius 2 is 1.87 bits per heavy atom. The van der Waals surface area contributed by atoms with Crippen molar-refractivity contribution in [2.75, 3.05) is 18.1 Å². The van der Waals surface area contributed by atoms with Gasteiger partial charge in [-0.2, -0.15) is 0 Å². The molecule has 1 atom stereocenters. The standard InChI is InChI=1S/C11H16N2O2/c1-3-15-11(14)7(2)8-4-9(12)6-10(13)5-8/h4-7H,3,12-13H2,1-2H3. The molecule has 0 saturated carbocycles. The van der Waals surface area contributed by atoms with Crippen LogP contribution in [0.15, 0.2) is 18.2 Å². The van der Waals surface area contributed by atoms with Crippen LogP contribution in [-0.4, -0.2) is 12.6 Å². The SMILES string of the molecule is CCOC(=O)C(C)c1cc(N)cc(N)c1. The highest BCUT2D eigenvalue weighted by Crippen LogP contribution is 2.22. The van der Waals surface area contributed by atoms with E-state index in [1.165, 1.54) is 0 Å². The van der Waals surface area contributed by atoms with Gasteiger partial charge in [0, 0.05) is 11.4 Å². The number of nitrogen functional groups attached to an aromatic ring is 2. The van der Waals surface area contributed by atoms with E-state index in [2.05, 4.69) is 0 Å². The van der Waals surface area contributed by atoms with Gasteiger partial charge in [0.2, 0.25) is 0 Å². The van der Waals surface area contributed by atoms with Crippen LogP contribution >= 0.6 is 0 Å². The van der Waals surface area contributed by atoms with E-state index in [0.717, 1.165) is 5.56 Å². The lowest BCUT2D eigenvalue weighted by Crippen LogP contribution is -2.13. The lowest BCUT2D eigenvalue weighted by Gasteiger charge is -2.12. The molecule has 0 heterocycles. The number of carbonyl (C=O) groups excluding carboxylic acids is 1. The molecule has 0 amide bonds. The molecule has 1 aromatic rings. The van der Waals surface area contributed by atoms with Crippen LogP contribution in [0.3, 0.4) is 0 Å². The Hall–Kier alpha value is -1.71. The minimum absolute atomic E-state index is 0.262.